The van der Waals surface area contributed by atoms with Crippen molar-refractivity contribution in [2.45, 2.75) is 123 Å². The highest BCUT2D eigenvalue weighted by atomic mass is 16.3. The highest BCUT2D eigenvalue weighted by molar-refractivity contribution is 5.83. The number of unbranched alkanes of at least 4 members (excludes halogenated alkanes) is 14. The van der Waals surface area contributed by atoms with Crippen molar-refractivity contribution < 1.29 is 5.11 Å². The lowest BCUT2D eigenvalue weighted by Gasteiger charge is -2.05. The van der Waals surface area contributed by atoms with Crippen LogP contribution >= 0.6 is 0 Å². The lowest BCUT2D eigenvalue weighted by Crippen LogP contribution is -1.91. The maximum Gasteiger partial charge on any atom is 0.124 e. The minimum Gasteiger partial charge on any atom is -0.507 e. The fourth-order valence-corrected chi connectivity index (χ4v) is 3.83. The normalized spacial score (nSPS) is 11.5. The molecule has 1 N–H and O–H groups in total. The third-order valence-electron chi connectivity index (χ3n) is 5.78. The van der Waals surface area contributed by atoms with E-state index in [4.69, 9.17) is 0 Å². The van der Waals surface area contributed by atoms with Crippen molar-refractivity contribution >= 4 is 6.21 Å². The summed E-state index contributed by atoms with van der Waals surface area (Å²) in [6, 6.07) is 6.00. The molecule has 0 radical (unpaired) electrons. The summed E-state index contributed by atoms with van der Waals surface area (Å²) < 4.78 is 0. The number of aryl methyl sites for hydroxylation is 1. The molecule has 29 heavy (non-hydrogen) atoms. The molecule has 0 saturated heterocycles. The average molecular weight is 402 g/mol. The van der Waals surface area contributed by atoms with E-state index in [1.807, 2.05) is 12.3 Å². The fourth-order valence-electron chi connectivity index (χ4n) is 3.83. The second kappa shape index (κ2) is 18.7. The van der Waals surface area contributed by atoms with E-state index in [9.17, 15) is 5.11 Å². The van der Waals surface area contributed by atoms with Gasteiger partial charge in [-0.25, -0.2) is 0 Å². The van der Waals surface area contributed by atoms with Crippen LogP contribution < -0.4 is 0 Å². The number of benzene rings is 1. The Balaban J connectivity index is 2.13. The molecule has 0 aliphatic heterocycles. The summed E-state index contributed by atoms with van der Waals surface area (Å²) >= 11 is 0. The molecule has 0 aromatic heterocycles. The van der Waals surface area contributed by atoms with E-state index in [2.05, 4.69) is 31.0 Å². The molecule has 0 atom stereocenters. The molecule has 1 aromatic carbocycles. The number of aromatic hydroxyl groups is 1. The molecule has 0 saturated carbocycles. The smallest absolute Gasteiger partial charge is 0.124 e. The minimum atomic E-state index is 0.350. The molecular weight excluding hydrogens is 354 g/mol. The summed E-state index contributed by atoms with van der Waals surface area (Å²) in [6.45, 7) is 5.41. The number of nitrogens with zero attached hydrogens (tertiary/aromatic N) is 1. The Kier molecular flexibility index (Phi) is 16.6. The van der Waals surface area contributed by atoms with Gasteiger partial charge in [0.1, 0.15) is 5.75 Å². The van der Waals surface area contributed by atoms with Crippen LogP contribution in [0.3, 0.4) is 0 Å². The Labute approximate surface area is 181 Å². The van der Waals surface area contributed by atoms with Gasteiger partial charge in [-0.1, -0.05) is 110 Å². The average Bonchev–Trinajstić information content (AvgIpc) is 2.73. The molecule has 0 amide bonds. The Morgan fingerprint density at radius 1 is 0.690 bits per heavy atom. The van der Waals surface area contributed by atoms with Crippen molar-refractivity contribution in [1.29, 1.82) is 0 Å². The third-order valence-corrected chi connectivity index (χ3v) is 5.78. The molecule has 1 aromatic rings. The van der Waals surface area contributed by atoms with Crippen molar-refractivity contribution in [1.82, 2.24) is 0 Å². The summed E-state index contributed by atoms with van der Waals surface area (Å²) in [4.78, 5) is 4.56. The number of hydrogen-bond acceptors (Lipinski definition) is 2. The molecule has 0 fully saturated rings. The van der Waals surface area contributed by atoms with Gasteiger partial charge in [0.05, 0.1) is 0 Å². The second-order valence-corrected chi connectivity index (χ2v) is 8.63. The Hall–Kier alpha value is -1.31. The topological polar surface area (TPSA) is 32.6 Å². The van der Waals surface area contributed by atoms with Gasteiger partial charge >= 0.3 is 0 Å². The van der Waals surface area contributed by atoms with E-state index < -0.39 is 0 Å². The first-order valence-corrected chi connectivity index (χ1v) is 12.6. The maximum atomic E-state index is 10.1. The zero-order chi connectivity index (χ0) is 21.0. The molecule has 0 aliphatic carbocycles. The van der Waals surface area contributed by atoms with Crippen LogP contribution in [0, 0.1) is 0 Å². The molecule has 1 rings (SSSR count). The SMILES string of the molecule is CCCCCCCCCCCCN=Cc1cc(CCCCCCCC)ccc1O. The minimum absolute atomic E-state index is 0.350. The first kappa shape index (κ1) is 25.7. The van der Waals surface area contributed by atoms with Crippen LogP contribution in [0.25, 0.3) is 0 Å². The molecule has 0 heterocycles. The molecule has 0 unspecified atom stereocenters. The van der Waals surface area contributed by atoms with E-state index in [0.717, 1.165) is 24.9 Å². The third kappa shape index (κ3) is 14.3. The van der Waals surface area contributed by atoms with Gasteiger partial charge in [-0.15, -0.1) is 0 Å². The van der Waals surface area contributed by atoms with E-state index >= 15 is 0 Å². The number of aliphatic imine (C=N–C) groups is 1. The van der Waals surface area contributed by atoms with Crippen LogP contribution in [0.5, 0.6) is 5.75 Å². The lowest BCUT2D eigenvalue weighted by atomic mass is 10.0. The van der Waals surface area contributed by atoms with Gasteiger partial charge < -0.3 is 5.11 Å². The van der Waals surface area contributed by atoms with Crippen LogP contribution in [-0.2, 0) is 6.42 Å². The number of hydrogen-bond donors (Lipinski definition) is 1. The van der Waals surface area contributed by atoms with Gasteiger partial charge in [-0.05, 0) is 37.0 Å². The summed E-state index contributed by atoms with van der Waals surface area (Å²) in [7, 11) is 0. The summed E-state index contributed by atoms with van der Waals surface area (Å²) in [5.41, 5.74) is 2.19. The highest BCUT2D eigenvalue weighted by Gasteiger charge is 2.01. The van der Waals surface area contributed by atoms with Crippen LogP contribution in [-0.4, -0.2) is 17.9 Å². The Morgan fingerprint density at radius 2 is 1.21 bits per heavy atom. The van der Waals surface area contributed by atoms with Crippen LogP contribution in [0.1, 0.15) is 128 Å². The van der Waals surface area contributed by atoms with E-state index in [1.54, 1.807) is 0 Å². The molecule has 2 heteroatoms. The highest BCUT2D eigenvalue weighted by Crippen LogP contribution is 2.19. The number of phenols is 1. The standard InChI is InChI=1S/C27H47NO/c1-3-5-7-9-11-12-13-14-16-18-22-28-24-26-23-25(20-21-27(26)29)19-17-15-10-8-6-4-2/h20-21,23-24,29H,3-19,22H2,1-2H3. The maximum absolute atomic E-state index is 10.1. The van der Waals surface area contributed by atoms with Crippen molar-refractivity contribution in [2.24, 2.45) is 4.99 Å². The van der Waals surface area contributed by atoms with Crippen molar-refractivity contribution in [3.8, 4) is 5.75 Å². The number of rotatable bonds is 19. The zero-order valence-electron chi connectivity index (χ0n) is 19.4. The van der Waals surface area contributed by atoms with E-state index in [1.165, 1.54) is 102 Å². The molecule has 2 nitrogen and oxygen atoms in total. The Morgan fingerprint density at radius 3 is 1.79 bits per heavy atom. The molecule has 166 valence electrons. The predicted octanol–water partition coefficient (Wildman–Crippen LogP) is 8.64. The zero-order valence-corrected chi connectivity index (χ0v) is 19.4. The fraction of sp³-hybridized carbons (Fsp3) is 0.741. The molecule has 0 aliphatic rings. The Bertz CT molecular complexity index is 523. The quantitative estimate of drug-likeness (QED) is 0.182. The summed E-state index contributed by atoms with van der Waals surface area (Å²) in [5.74, 6) is 0.350. The van der Waals surface area contributed by atoms with Crippen molar-refractivity contribution in [3.63, 3.8) is 0 Å². The van der Waals surface area contributed by atoms with Gasteiger partial charge in [-0.2, -0.15) is 0 Å². The first-order chi connectivity index (χ1) is 14.3. The van der Waals surface area contributed by atoms with Gasteiger partial charge in [0, 0.05) is 18.3 Å². The second-order valence-electron chi connectivity index (χ2n) is 8.63. The van der Waals surface area contributed by atoms with Crippen LogP contribution in [0.4, 0.5) is 0 Å². The molecular formula is C27H47NO. The number of phenolic OH excluding ortho intramolecular Hbond substituents is 1. The van der Waals surface area contributed by atoms with Gasteiger partial charge in [0.25, 0.3) is 0 Å². The van der Waals surface area contributed by atoms with Gasteiger partial charge in [-0.3, -0.25) is 4.99 Å². The first-order valence-electron chi connectivity index (χ1n) is 12.6. The predicted molar refractivity (Wildman–Crippen MR) is 129 cm³/mol. The summed E-state index contributed by atoms with van der Waals surface area (Å²) in [6.07, 6.45) is 24.4. The van der Waals surface area contributed by atoms with Crippen molar-refractivity contribution in [2.75, 3.05) is 6.54 Å². The largest absolute Gasteiger partial charge is 0.507 e. The van der Waals surface area contributed by atoms with Crippen molar-refractivity contribution in [3.05, 3.63) is 29.3 Å². The van der Waals surface area contributed by atoms with E-state index in [-0.39, 0.29) is 0 Å². The monoisotopic (exact) mass is 401 g/mol. The van der Waals surface area contributed by atoms with Crippen LogP contribution in [0.2, 0.25) is 0 Å². The van der Waals surface area contributed by atoms with E-state index in [0.29, 0.717) is 5.75 Å². The summed E-state index contributed by atoms with van der Waals surface area (Å²) in [5, 5.41) is 10.1. The van der Waals surface area contributed by atoms with Gasteiger partial charge in [0.15, 0.2) is 0 Å². The molecule has 0 spiro atoms. The lowest BCUT2D eigenvalue weighted by molar-refractivity contribution is 0.474. The van der Waals surface area contributed by atoms with Gasteiger partial charge in [0.2, 0.25) is 0 Å². The molecule has 0 bridgehead atoms. The van der Waals surface area contributed by atoms with Crippen LogP contribution in [0.15, 0.2) is 23.2 Å².